The van der Waals surface area contributed by atoms with E-state index in [1.54, 1.807) is 23.1 Å². The quantitative estimate of drug-likeness (QED) is 0.900. The van der Waals surface area contributed by atoms with Crippen LogP contribution in [0.5, 0.6) is 0 Å². The molecule has 0 aliphatic carbocycles. The standard InChI is InChI=1S/C17H21ClN4O2/c1-2-24-12-13-7-8-21(10-13)17(23)20-14-9-19-22(11-14)16-6-4-3-5-15(16)18/h3-6,9,11,13H,2,7-8,10,12H2,1H3,(H,20,23)/t13-/m1/s1. The molecule has 0 radical (unpaired) electrons. The summed E-state index contributed by atoms with van der Waals surface area (Å²) in [5.41, 5.74) is 1.42. The maximum absolute atomic E-state index is 12.4. The highest BCUT2D eigenvalue weighted by Crippen LogP contribution is 2.21. The van der Waals surface area contributed by atoms with Gasteiger partial charge < -0.3 is 15.0 Å². The minimum atomic E-state index is -0.104. The molecular formula is C17H21ClN4O2. The van der Waals surface area contributed by atoms with Crippen LogP contribution in [0.2, 0.25) is 5.02 Å². The van der Waals surface area contributed by atoms with E-state index in [2.05, 4.69) is 10.4 Å². The van der Waals surface area contributed by atoms with Gasteiger partial charge in [-0.2, -0.15) is 5.10 Å². The lowest BCUT2D eigenvalue weighted by atomic mass is 10.1. The van der Waals surface area contributed by atoms with Crippen molar-refractivity contribution in [3.05, 3.63) is 41.7 Å². The number of rotatable bonds is 5. The number of hydrogen-bond donors (Lipinski definition) is 1. The van der Waals surface area contributed by atoms with Crippen molar-refractivity contribution >= 4 is 23.3 Å². The van der Waals surface area contributed by atoms with Crippen molar-refractivity contribution in [3.63, 3.8) is 0 Å². The molecule has 7 heteroatoms. The number of aromatic nitrogens is 2. The Bertz CT molecular complexity index is 703. The Morgan fingerprint density at radius 3 is 3.08 bits per heavy atom. The summed E-state index contributed by atoms with van der Waals surface area (Å²) in [6, 6.07) is 7.33. The molecule has 2 amide bonds. The van der Waals surface area contributed by atoms with Crippen LogP contribution in [0.4, 0.5) is 10.5 Å². The van der Waals surface area contributed by atoms with Crippen LogP contribution in [0.25, 0.3) is 5.69 Å². The van der Waals surface area contributed by atoms with Crippen molar-refractivity contribution in [2.24, 2.45) is 5.92 Å². The van der Waals surface area contributed by atoms with E-state index < -0.39 is 0 Å². The predicted octanol–water partition coefficient (Wildman–Crippen LogP) is 3.42. The van der Waals surface area contributed by atoms with E-state index in [9.17, 15) is 4.79 Å². The van der Waals surface area contributed by atoms with Gasteiger partial charge in [-0.25, -0.2) is 9.48 Å². The normalized spacial score (nSPS) is 17.2. The first-order chi connectivity index (χ1) is 11.7. The van der Waals surface area contributed by atoms with E-state index in [1.807, 2.05) is 30.0 Å². The fourth-order valence-electron chi connectivity index (χ4n) is 2.80. The third-order valence-electron chi connectivity index (χ3n) is 4.06. The summed E-state index contributed by atoms with van der Waals surface area (Å²) >= 11 is 6.17. The molecule has 1 atom stereocenters. The summed E-state index contributed by atoms with van der Waals surface area (Å²) in [5, 5.41) is 7.76. The lowest BCUT2D eigenvalue weighted by Gasteiger charge is -2.16. The summed E-state index contributed by atoms with van der Waals surface area (Å²) in [7, 11) is 0. The number of halogens is 1. The van der Waals surface area contributed by atoms with Crippen LogP contribution < -0.4 is 5.32 Å². The van der Waals surface area contributed by atoms with Crippen LogP contribution >= 0.6 is 11.6 Å². The smallest absolute Gasteiger partial charge is 0.321 e. The van der Waals surface area contributed by atoms with Gasteiger partial charge in [-0.3, -0.25) is 0 Å². The Hall–Kier alpha value is -2.05. The Morgan fingerprint density at radius 2 is 2.29 bits per heavy atom. The number of likely N-dealkylation sites (tertiary alicyclic amines) is 1. The predicted molar refractivity (Wildman–Crippen MR) is 93.8 cm³/mol. The van der Waals surface area contributed by atoms with Gasteiger partial charge in [0.1, 0.15) is 0 Å². The number of amides is 2. The van der Waals surface area contributed by atoms with Gasteiger partial charge >= 0.3 is 6.03 Å². The average molecular weight is 349 g/mol. The second kappa shape index (κ2) is 7.68. The summed E-state index contributed by atoms with van der Waals surface area (Å²) < 4.78 is 7.10. The van der Waals surface area contributed by atoms with Crippen LogP contribution in [-0.2, 0) is 4.74 Å². The Morgan fingerprint density at radius 1 is 1.46 bits per heavy atom. The summed E-state index contributed by atoms with van der Waals surface area (Å²) in [6.45, 7) is 4.89. The lowest BCUT2D eigenvalue weighted by Crippen LogP contribution is -2.33. The largest absolute Gasteiger partial charge is 0.381 e. The first kappa shape index (κ1) is 16.8. The molecule has 1 aromatic carbocycles. The van der Waals surface area contributed by atoms with Crippen LogP contribution in [0.15, 0.2) is 36.7 Å². The van der Waals surface area contributed by atoms with Crippen LogP contribution in [0.1, 0.15) is 13.3 Å². The minimum absolute atomic E-state index is 0.104. The molecule has 1 fully saturated rings. The van der Waals surface area contributed by atoms with Crippen LogP contribution in [0, 0.1) is 5.92 Å². The van der Waals surface area contributed by atoms with Gasteiger partial charge in [-0.05, 0) is 25.5 Å². The number of benzene rings is 1. The molecule has 1 aliphatic heterocycles. The van der Waals surface area contributed by atoms with Gasteiger partial charge in [0.2, 0.25) is 0 Å². The molecule has 2 aromatic rings. The van der Waals surface area contributed by atoms with E-state index in [1.165, 1.54) is 0 Å². The zero-order chi connectivity index (χ0) is 16.9. The highest BCUT2D eigenvalue weighted by atomic mass is 35.5. The molecule has 0 saturated carbocycles. The molecule has 1 N–H and O–H groups in total. The third kappa shape index (κ3) is 3.88. The first-order valence-electron chi connectivity index (χ1n) is 8.10. The lowest BCUT2D eigenvalue weighted by molar-refractivity contribution is 0.113. The maximum Gasteiger partial charge on any atom is 0.321 e. The van der Waals surface area contributed by atoms with Crippen molar-refractivity contribution in [1.29, 1.82) is 0 Å². The molecule has 0 bridgehead atoms. The second-order valence-corrected chi connectivity index (χ2v) is 6.22. The number of urea groups is 1. The monoisotopic (exact) mass is 348 g/mol. The Labute approximate surface area is 146 Å². The number of anilines is 1. The SMILES string of the molecule is CCOC[C@@H]1CCN(C(=O)Nc2cnn(-c3ccccc3Cl)c2)C1. The molecule has 24 heavy (non-hydrogen) atoms. The molecular weight excluding hydrogens is 328 g/mol. The van der Waals surface area contributed by atoms with Gasteiger partial charge in [0.05, 0.1) is 35.4 Å². The number of carbonyl (C=O) groups excluding carboxylic acids is 1. The van der Waals surface area contributed by atoms with E-state index in [0.29, 0.717) is 29.8 Å². The summed E-state index contributed by atoms with van der Waals surface area (Å²) in [5.74, 6) is 0.418. The summed E-state index contributed by atoms with van der Waals surface area (Å²) in [4.78, 5) is 14.2. The van der Waals surface area contributed by atoms with E-state index in [0.717, 1.165) is 25.2 Å². The van der Waals surface area contributed by atoms with Gasteiger partial charge in [-0.1, -0.05) is 23.7 Å². The third-order valence-corrected chi connectivity index (χ3v) is 4.38. The average Bonchev–Trinajstić information content (AvgIpc) is 3.23. The Balaban J connectivity index is 1.59. The molecule has 128 valence electrons. The van der Waals surface area contributed by atoms with E-state index >= 15 is 0 Å². The molecule has 2 heterocycles. The fraction of sp³-hybridized carbons (Fsp3) is 0.412. The molecule has 0 spiro atoms. The number of nitrogens with one attached hydrogen (secondary N) is 1. The van der Waals surface area contributed by atoms with Crippen LogP contribution in [-0.4, -0.2) is 47.0 Å². The summed E-state index contributed by atoms with van der Waals surface area (Å²) in [6.07, 6.45) is 4.36. The van der Waals surface area contributed by atoms with Gasteiger partial charge in [0, 0.05) is 25.6 Å². The van der Waals surface area contributed by atoms with Gasteiger partial charge in [0.15, 0.2) is 0 Å². The zero-order valence-corrected chi connectivity index (χ0v) is 14.4. The van der Waals surface area contributed by atoms with Crippen molar-refractivity contribution in [3.8, 4) is 5.69 Å². The van der Waals surface area contributed by atoms with Crippen molar-refractivity contribution < 1.29 is 9.53 Å². The van der Waals surface area contributed by atoms with Crippen molar-refractivity contribution in [2.45, 2.75) is 13.3 Å². The highest BCUT2D eigenvalue weighted by molar-refractivity contribution is 6.32. The number of ether oxygens (including phenoxy) is 1. The molecule has 0 unspecified atom stereocenters. The first-order valence-corrected chi connectivity index (χ1v) is 8.48. The Kier molecular flexibility index (Phi) is 5.37. The van der Waals surface area contributed by atoms with E-state index in [-0.39, 0.29) is 6.03 Å². The number of hydrogen-bond acceptors (Lipinski definition) is 3. The van der Waals surface area contributed by atoms with Crippen molar-refractivity contribution in [1.82, 2.24) is 14.7 Å². The molecule has 1 aliphatic rings. The molecule has 1 saturated heterocycles. The van der Waals surface area contributed by atoms with Crippen molar-refractivity contribution in [2.75, 3.05) is 31.6 Å². The topological polar surface area (TPSA) is 59.4 Å². The van der Waals surface area contributed by atoms with E-state index in [4.69, 9.17) is 16.3 Å². The number of nitrogens with zero attached hydrogens (tertiary/aromatic N) is 3. The van der Waals surface area contributed by atoms with Crippen LogP contribution in [0.3, 0.4) is 0 Å². The number of para-hydroxylation sites is 1. The maximum atomic E-state index is 12.4. The van der Waals surface area contributed by atoms with Gasteiger partial charge in [-0.15, -0.1) is 0 Å². The second-order valence-electron chi connectivity index (χ2n) is 5.82. The molecule has 1 aromatic heterocycles. The minimum Gasteiger partial charge on any atom is -0.381 e. The molecule has 3 rings (SSSR count). The number of carbonyl (C=O) groups is 1. The fourth-order valence-corrected chi connectivity index (χ4v) is 3.02. The highest BCUT2D eigenvalue weighted by Gasteiger charge is 2.26. The van der Waals surface area contributed by atoms with Gasteiger partial charge in [0.25, 0.3) is 0 Å². The molecule has 6 nitrogen and oxygen atoms in total. The zero-order valence-electron chi connectivity index (χ0n) is 13.6.